The number of nitrogens with one attached hydrogen (secondary N) is 2. The fourth-order valence-electron chi connectivity index (χ4n) is 2.44. The molecule has 0 atom stereocenters. The third-order valence-corrected chi connectivity index (χ3v) is 3.96. The molecule has 4 N–H and O–H groups in total. The number of nitrogens with two attached hydrogens (primary N) is 1. The summed E-state index contributed by atoms with van der Waals surface area (Å²) in [5.74, 6) is -1.37. The number of H-pyrrole nitrogens is 1. The van der Waals surface area contributed by atoms with E-state index in [9.17, 15) is 14.4 Å². The number of nitrogens with zero attached hydrogens (tertiary/aromatic N) is 1. The number of carbonyl (C=O) groups excluding carboxylic acids is 3. The Labute approximate surface area is 163 Å². The number of para-hydroxylation sites is 1. The van der Waals surface area contributed by atoms with E-state index in [0.717, 1.165) is 16.5 Å². The molecular formula is C20H26N4O4. The number of carbonyl (C=O) groups is 3. The number of ether oxygens (including phenoxy) is 1. The monoisotopic (exact) mass is 386 g/mol. The summed E-state index contributed by atoms with van der Waals surface area (Å²) in [6, 6.07) is 7.57. The molecule has 8 heteroatoms. The van der Waals surface area contributed by atoms with E-state index < -0.39 is 29.0 Å². The lowest BCUT2D eigenvalue weighted by atomic mass is 10.0. The van der Waals surface area contributed by atoms with Crippen LogP contribution in [-0.4, -0.2) is 39.7 Å². The molecule has 0 radical (unpaired) electrons. The quantitative estimate of drug-likeness (QED) is 0.682. The molecule has 28 heavy (non-hydrogen) atoms. The van der Waals surface area contributed by atoms with Gasteiger partial charge in [0.05, 0.1) is 0 Å². The number of aromatic nitrogens is 1. The van der Waals surface area contributed by atoms with Crippen molar-refractivity contribution in [3.8, 4) is 0 Å². The van der Waals surface area contributed by atoms with Crippen LogP contribution in [0.3, 0.4) is 0 Å². The fourth-order valence-corrected chi connectivity index (χ4v) is 2.44. The number of hydrogen-bond donors (Lipinski definition) is 3. The first-order valence-electron chi connectivity index (χ1n) is 8.87. The van der Waals surface area contributed by atoms with Gasteiger partial charge in [0.2, 0.25) is 5.91 Å². The highest BCUT2D eigenvalue weighted by Crippen LogP contribution is 2.19. The van der Waals surface area contributed by atoms with Crippen LogP contribution >= 0.6 is 0 Å². The molecule has 0 saturated heterocycles. The van der Waals surface area contributed by atoms with Crippen molar-refractivity contribution in [2.45, 2.75) is 52.2 Å². The Kier molecular flexibility index (Phi) is 5.92. The summed E-state index contributed by atoms with van der Waals surface area (Å²) >= 11 is 0. The fraction of sp³-hybridized carbons (Fsp3) is 0.400. The summed E-state index contributed by atoms with van der Waals surface area (Å²) in [5.41, 5.74) is 4.87. The lowest BCUT2D eigenvalue weighted by Crippen LogP contribution is -2.55. The number of amides is 3. The SMILES string of the molecule is CC(C)(C)OC(=O)N=C(Cc1c[nH]c2ccccc12)C(=O)NC(C)(C)C(N)=O. The second kappa shape index (κ2) is 7.84. The smallest absolute Gasteiger partial charge is 0.434 e. The van der Waals surface area contributed by atoms with Crippen molar-refractivity contribution in [1.29, 1.82) is 0 Å². The zero-order valence-corrected chi connectivity index (χ0v) is 16.8. The van der Waals surface area contributed by atoms with Crippen LogP contribution in [0.15, 0.2) is 35.5 Å². The number of hydrogen-bond acceptors (Lipinski definition) is 4. The summed E-state index contributed by atoms with van der Waals surface area (Å²) in [4.78, 5) is 43.5. The summed E-state index contributed by atoms with van der Waals surface area (Å²) in [7, 11) is 0. The maximum Gasteiger partial charge on any atom is 0.434 e. The van der Waals surface area contributed by atoms with Crippen LogP contribution in [0.25, 0.3) is 10.9 Å². The predicted octanol–water partition coefficient (Wildman–Crippen LogP) is 2.47. The Morgan fingerprint density at radius 2 is 1.79 bits per heavy atom. The number of rotatable bonds is 5. The first kappa shape index (κ1) is 21.1. The van der Waals surface area contributed by atoms with Crippen LogP contribution in [-0.2, 0) is 20.7 Å². The predicted molar refractivity (Wildman–Crippen MR) is 107 cm³/mol. The van der Waals surface area contributed by atoms with Gasteiger partial charge in [-0.25, -0.2) is 4.79 Å². The number of aromatic amines is 1. The zero-order chi connectivity index (χ0) is 21.1. The van der Waals surface area contributed by atoms with Gasteiger partial charge < -0.3 is 20.8 Å². The van der Waals surface area contributed by atoms with Crippen LogP contribution in [0.5, 0.6) is 0 Å². The van der Waals surface area contributed by atoms with Crippen molar-refractivity contribution >= 4 is 34.5 Å². The maximum atomic E-state index is 12.8. The van der Waals surface area contributed by atoms with E-state index in [1.807, 2.05) is 24.3 Å². The standard InChI is InChI=1S/C20H26N4O4/c1-19(2,3)28-18(27)23-15(16(25)24-20(4,5)17(21)26)10-12-11-22-14-9-7-6-8-13(12)14/h6-9,11,22H,10H2,1-5H3,(H2,21,26)(H,24,25). The van der Waals surface area contributed by atoms with Crippen LogP contribution < -0.4 is 11.1 Å². The molecule has 1 aromatic heterocycles. The molecule has 2 aromatic rings. The van der Waals surface area contributed by atoms with Crippen molar-refractivity contribution in [1.82, 2.24) is 10.3 Å². The van der Waals surface area contributed by atoms with Gasteiger partial charge in [0, 0.05) is 23.5 Å². The first-order chi connectivity index (χ1) is 12.9. The van der Waals surface area contributed by atoms with Crippen molar-refractivity contribution < 1.29 is 19.1 Å². The molecule has 0 spiro atoms. The molecule has 1 heterocycles. The van der Waals surface area contributed by atoms with Gasteiger partial charge in [0.15, 0.2) is 0 Å². The molecule has 0 saturated carbocycles. The minimum absolute atomic E-state index is 0.0733. The lowest BCUT2D eigenvalue weighted by molar-refractivity contribution is -0.127. The van der Waals surface area contributed by atoms with E-state index in [-0.39, 0.29) is 12.1 Å². The van der Waals surface area contributed by atoms with Gasteiger partial charge in [-0.2, -0.15) is 4.99 Å². The van der Waals surface area contributed by atoms with Crippen molar-refractivity contribution in [3.05, 3.63) is 36.0 Å². The van der Waals surface area contributed by atoms with Crippen molar-refractivity contribution in [2.24, 2.45) is 10.7 Å². The Hall–Kier alpha value is -3.16. The van der Waals surface area contributed by atoms with Gasteiger partial charge in [0.25, 0.3) is 5.91 Å². The molecule has 2 rings (SSSR count). The van der Waals surface area contributed by atoms with Crippen LogP contribution in [0.2, 0.25) is 0 Å². The average Bonchev–Trinajstić information content (AvgIpc) is 2.95. The highest BCUT2D eigenvalue weighted by Gasteiger charge is 2.30. The highest BCUT2D eigenvalue weighted by atomic mass is 16.6. The molecule has 1 aromatic carbocycles. The Morgan fingerprint density at radius 1 is 1.14 bits per heavy atom. The normalized spacial score (nSPS) is 12.7. The second-order valence-corrected chi connectivity index (χ2v) is 8.02. The molecule has 0 aliphatic heterocycles. The minimum Gasteiger partial charge on any atom is -0.442 e. The number of fused-ring (bicyclic) bond motifs is 1. The summed E-state index contributed by atoms with van der Waals surface area (Å²) in [6.45, 7) is 8.07. The molecule has 0 aliphatic carbocycles. The van der Waals surface area contributed by atoms with Gasteiger partial charge >= 0.3 is 6.09 Å². The van der Waals surface area contributed by atoms with Gasteiger partial charge in [-0.1, -0.05) is 18.2 Å². The topological polar surface area (TPSA) is 127 Å². The molecule has 0 aliphatic rings. The highest BCUT2D eigenvalue weighted by molar-refractivity contribution is 6.41. The van der Waals surface area contributed by atoms with Crippen LogP contribution in [0.4, 0.5) is 4.79 Å². The molecular weight excluding hydrogens is 360 g/mol. The van der Waals surface area contributed by atoms with Gasteiger partial charge in [-0.3, -0.25) is 9.59 Å². The molecule has 150 valence electrons. The first-order valence-corrected chi connectivity index (χ1v) is 8.87. The Balaban J connectivity index is 2.36. The van der Waals surface area contributed by atoms with Gasteiger partial charge in [-0.15, -0.1) is 0 Å². The largest absolute Gasteiger partial charge is 0.442 e. The van der Waals surface area contributed by atoms with Crippen LogP contribution in [0.1, 0.15) is 40.2 Å². The summed E-state index contributed by atoms with van der Waals surface area (Å²) in [6.07, 6.45) is 0.945. The molecule has 3 amide bonds. The second-order valence-electron chi connectivity index (χ2n) is 8.02. The molecule has 0 fully saturated rings. The summed E-state index contributed by atoms with van der Waals surface area (Å²) < 4.78 is 5.20. The Morgan fingerprint density at radius 3 is 2.39 bits per heavy atom. The average molecular weight is 386 g/mol. The molecule has 0 unspecified atom stereocenters. The van der Waals surface area contributed by atoms with Crippen LogP contribution in [0, 0.1) is 0 Å². The van der Waals surface area contributed by atoms with E-state index in [1.54, 1.807) is 27.0 Å². The minimum atomic E-state index is -1.30. The van der Waals surface area contributed by atoms with E-state index in [1.165, 1.54) is 13.8 Å². The van der Waals surface area contributed by atoms with Gasteiger partial charge in [-0.05, 0) is 46.2 Å². The third-order valence-electron chi connectivity index (χ3n) is 3.96. The maximum absolute atomic E-state index is 12.8. The van der Waals surface area contributed by atoms with E-state index in [0.29, 0.717) is 0 Å². The van der Waals surface area contributed by atoms with E-state index in [2.05, 4.69) is 15.3 Å². The van der Waals surface area contributed by atoms with Gasteiger partial charge in [0.1, 0.15) is 16.9 Å². The van der Waals surface area contributed by atoms with E-state index in [4.69, 9.17) is 10.5 Å². The summed E-state index contributed by atoms with van der Waals surface area (Å²) in [5, 5.41) is 3.43. The molecule has 8 nitrogen and oxygen atoms in total. The number of aliphatic imine (C=N–C) groups is 1. The third kappa shape index (κ3) is 5.42. The molecule has 0 bridgehead atoms. The van der Waals surface area contributed by atoms with E-state index >= 15 is 0 Å². The number of primary amides is 1. The number of benzene rings is 1. The van der Waals surface area contributed by atoms with Crippen molar-refractivity contribution in [2.75, 3.05) is 0 Å². The zero-order valence-electron chi connectivity index (χ0n) is 16.8. The lowest BCUT2D eigenvalue weighted by Gasteiger charge is -2.23. The van der Waals surface area contributed by atoms with Crippen molar-refractivity contribution in [3.63, 3.8) is 0 Å². The Bertz CT molecular complexity index is 935.